The van der Waals surface area contributed by atoms with E-state index in [9.17, 15) is 9.18 Å². The van der Waals surface area contributed by atoms with Crippen LogP contribution in [0.2, 0.25) is 0 Å². The van der Waals surface area contributed by atoms with Crippen LogP contribution in [-0.2, 0) is 22.4 Å². The summed E-state index contributed by atoms with van der Waals surface area (Å²) in [5, 5.41) is 4.08. The standard InChI is InChI=1S/C25H28BrFN4O3/c26-21-6-4-20(5-7-21)25-28-23(34-29-25)10-13-31(12-1-11-30-14-16-33-17-15-30)24(32)18-19-2-8-22(27)9-3-19/h2-9H,1,10-18H2. The summed E-state index contributed by atoms with van der Waals surface area (Å²) in [5.74, 6) is 0.711. The molecule has 1 amide bonds. The molecule has 0 spiro atoms. The summed E-state index contributed by atoms with van der Waals surface area (Å²) < 4.78 is 25.1. The monoisotopic (exact) mass is 530 g/mol. The number of carbonyl (C=O) groups excluding carboxylic acids is 1. The van der Waals surface area contributed by atoms with E-state index in [0.717, 1.165) is 54.9 Å². The molecule has 0 aliphatic carbocycles. The van der Waals surface area contributed by atoms with Gasteiger partial charge in [-0.25, -0.2) is 4.39 Å². The van der Waals surface area contributed by atoms with Crippen molar-refractivity contribution in [2.24, 2.45) is 0 Å². The van der Waals surface area contributed by atoms with Crippen LogP contribution < -0.4 is 0 Å². The topological polar surface area (TPSA) is 71.7 Å². The van der Waals surface area contributed by atoms with E-state index in [1.54, 1.807) is 12.1 Å². The molecule has 3 aromatic rings. The molecule has 1 fully saturated rings. The summed E-state index contributed by atoms with van der Waals surface area (Å²) in [6, 6.07) is 13.8. The van der Waals surface area contributed by atoms with Gasteiger partial charge in [0.15, 0.2) is 0 Å². The summed E-state index contributed by atoms with van der Waals surface area (Å²) in [5.41, 5.74) is 1.66. The molecule has 7 nitrogen and oxygen atoms in total. The molecule has 9 heteroatoms. The molecule has 0 saturated carbocycles. The Kier molecular flexibility index (Phi) is 8.79. The van der Waals surface area contributed by atoms with Crippen LogP contribution in [0.3, 0.4) is 0 Å². The molecule has 0 radical (unpaired) electrons. The number of aromatic nitrogens is 2. The quantitative estimate of drug-likeness (QED) is 0.395. The maximum Gasteiger partial charge on any atom is 0.228 e. The maximum atomic E-state index is 13.2. The minimum Gasteiger partial charge on any atom is -0.379 e. The number of hydrogen-bond acceptors (Lipinski definition) is 6. The van der Waals surface area contributed by atoms with Crippen LogP contribution in [0, 0.1) is 5.82 Å². The second-order valence-corrected chi connectivity index (χ2v) is 9.18. The number of nitrogens with zero attached hydrogens (tertiary/aromatic N) is 4. The van der Waals surface area contributed by atoms with Crippen LogP contribution in [0.5, 0.6) is 0 Å². The predicted molar refractivity (Wildman–Crippen MR) is 130 cm³/mol. The molecule has 2 heterocycles. The van der Waals surface area contributed by atoms with E-state index >= 15 is 0 Å². The highest BCUT2D eigenvalue weighted by molar-refractivity contribution is 9.10. The summed E-state index contributed by atoms with van der Waals surface area (Å²) >= 11 is 3.42. The van der Waals surface area contributed by atoms with E-state index in [-0.39, 0.29) is 18.1 Å². The lowest BCUT2D eigenvalue weighted by Crippen LogP contribution is -2.40. The second-order valence-electron chi connectivity index (χ2n) is 8.26. The smallest absolute Gasteiger partial charge is 0.228 e. The Bertz CT molecular complexity index is 1050. The average Bonchev–Trinajstić information content (AvgIpc) is 3.33. The Morgan fingerprint density at radius 1 is 1.06 bits per heavy atom. The molecule has 1 aromatic heterocycles. The first-order chi connectivity index (χ1) is 16.6. The van der Waals surface area contributed by atoms with Crippen LogP contribution in [-0.4, -0.2) is 71.8 Å². The molecular formula is C25H28BrFN4O3. The van der Waals surface area contributed by atoms with Crippen LogP contribution in [0.1, 0.15) is 17.9 Å². The Balaban J connectivity index is 1.36. The molecule has 0 N–H and O–H groups in total. The van der Waals surface area contributed by atoms with Gasteiger partial charge in [0.1, 0.15) is 5.82 Å². The molecule has 0 unspecified atom stereocenters. The number of morpholine rings is 1. The highest BCUT2D eigenvalue weighted by Gasteiger charge is 2.18. The van der Waals surface area contributed by atoms with Crippen molar-refractivity contribution in [3.8, 4) is 11.4 Å². The molecule has 4 rings (SSSR count). The second kappa shape index (κ2) is 12.2. The normalized spacial score (nSPS) is 14.3. The molecular weight excluding hydrogens is 503 g/mol. The summed E-state index contributed by atoms with van der Waals surface area (Å²) in [7, 11) is 0. The van der Waals surface area contributed by atoms with Gasteiger partial charge in [0, 0.05) is 49.2 Å². The molecule has 1 aliphatic heterocycles. The molecule has 1 aliphatic rings. The first-order valence-electron chi connectivity index (χ1n) is 11.5. The van der Waals surface area contributed by atoms with Crippen LogP contribution in [0.25, 0.3) is 11.4 Å². The van der Waals surface area contributed by atoms with E-state index in [4.69, 9.17) is 9.26 Å². The van der Waals surface area contributed by atoms with Crippen molar-refractivity contribution in [3.63, 3.8) is 0 Å². The maximum absolute atomic E-state index is 13.2. The van der Waals surface area contributed by atoms with Crippen molar-refractivity contribution in [2.45, 2.75) is 19.3 Å². The lowest BCUT2D eigenvalue weighted by molar-refractivity contribution is -0.130. The lowest BCUT2D eigenvalue weighted by atomic mass is 10.1. The molecule has 1 saturated heterocycles. The zero-order valence-electron chi connectivity index (χ0n) is 19.0. The number of rotatable bonds is 10. The van der Waals surface area contributed by atoms with Gasteiger partial charge in [0.2, 0.25) is 17.6 Å². The molecule has 180 valence electrons. The zero-order valence-corrected chi connectivity index (χ0v) is 20.5. The summed E-state index contributed by atoms with van der Waals surface area (Å²) in [6.07, 6.45) is 1.56. The Morgan fingerprint density at radius 3 is 2.53 bits per heavy atom. The number of hydrogen-bond donors (Lipinski definition) is 0. The molecule has 0 atom stereocenters. The van der Waals surface area contributed by atoms with Crippen molar-refractivity contribution < 1.29 is 18.4 Å². The lowest BCUT2D eigenvalue weighted by Gasteiger charge is -2.28. The minimum atomic E-state index is -0.309. The third-order valence-electron chi connectivity index (χ3n) is 5.79. The fraction of sp³-hybridized carbons (Fsp3) is 0.400. The van der Waals surface area contributed by atoms with Crippen LogP contribution in [0.4, 0.5) is 4.39 Å². The van der Waals surface area contributed by atoms with Gasteiger partial charge in [0.25, 0.3) is 0 Å². The van der Waals surface area contributed by atoms with Gasteiger partial charge in [-0.2, -0.15) is 4.98 Å². The Labute approximate surface area is 207 Å². The fourth-order valence-electron chi connectivity index (χ4n) is 3.86. The first-order valence-corrected chi connectivity index (χ1v) is 12.3. The van der Waals surface area contributed by atoms with Gasteiger partial charge in [-0.3, -0.25) is 9.69 Å². The van der Waals surface area contributed by atoms with Gasteiger partial charge in [0.05, 0.1) is 19.6 Å². The van der Waals surface area contributed by atoms with E-state index < -0.39 is 0 Å². The summed E-state index contributed by atoms with van der Waals surface area (Å²) in [6.45, 7) is 5.37. The van der Waals surface area contributed by atoms with E-state index in [2.05, 4.69) is 31.0 Å². The minimum absolute atomic E-state index is 0.00114. The van der Waals surface area contributed by atoms with Gasteiger partial charge >= 0.3 is 0 Å². The third-order valence-corrected chi connectivity index (χ3v) is 6.32. The third kappa shape index (κ3) is 7.19. The number of halogens is 2. The average molecular weight is 531 g/mol. The largest absolute Gasteiger partial charge is 0.379 e. The van der Waals surface area contributed by atoms with Gasteiger partial charge in [-0.15, -0.1) is 0 Å². The highest BCUT2D eigenvalue weighted by Crippen LogP contribution is 2.19. The number of ether oxygens (including phenoxy) is 1. The van der Waals surface area contributed by atoms with E-state index in [1.807, 2.05) is 29.2 Å². The fourth-order valence-corrected chi connectivity index (χ4v) is 4.13. The Hall–Kier alpha value is -2.62. The van der Waals surface area contributed by atoms with Crippen LogP contribution in [0.15, 0.2) is 57.5 Å². The number of benzene rings is 2. The van der Waals surface area contributed by atoms with Crippen molar-refractivity contribution in [3.05, 3.63) is 70.3 Å². The number of carbonyl (C=O) groups is 1. The first kappa shape index (κ1) is 24.5. The SMILES string of the molecule is O=C(Cc1ccc(F)cc1)N(CCCN1CCOCC1)CCc1nc(-c2ccc(Br)cc2)no1. The van der Waals surface area contributed by atoms with Crippen molar-refractivity contribution in [1.29, 1.82) is 0 Å². The van der Waals surface area contributed by atoms with Gasteiger partial charge in [-0.05, 0) is 48.4 Å². The van der Waals surface area contributed by atoms with Crippen LogP contribution >= 0.6 is 15.9 Å². The Morgan fingerprint density at radius 2 is 1.79 bits per heavy atom. The highest BCUT2D eigenvalue weighted by atomic mass is 79.9. The van der Waals surface area contributed by atoms with E-state index in [1.165, 1.54) is 12.1 Å². The van der Waals surface area contributed by atoms with Gasteiger partial charge < -0.3 is 14.2 Å². The molecule has 2 aromatic carbocycles. The summed E-state index contributed by atoms with van der Waals surface area (Å²) in [4.78, 5) is 21.8. The zero-order chi connectivity index (χ0) is 23.8. The number of amides is 1. The van der Waals surface area contributed by atoms with Gasteiger partial charge in [-0.1, -0.05) is 33.2 Å². The van der Waals surface area contributed by atoms with Crippen molar-refractivity contribution >= 4 is 21.8 Å². The molecule has 0 bridgehead atoms. The predicted octanol–water partition coefficient (Wildman–Crippen LogP) is 3.97. The van der Waals surface area contributed by atoms with Crippen molar-refractivity contribution in [2.75, 3.05) is 45.9 Å². The van der Waals surface area contributed by atoms with Crippen molar-refractivity contribution in [1.82, 2.24) is 19.9 Å². The van der Waals surface area contributed by atoms with E-state index in [0.29, 0.717) is 31.2 Å². The molecule has 34 heavy (non-hydrogen) atoms.